The predicted octanol–water partition coefficient (Wildman–Crippen LogP) is 1.96. The van der Waals surface area contributed by atoms with E-state index in [2.05, 4.69) is 10.1 Å². The number of methoxy groups -OCH3 is 1. The fraction of sp³-hybridized carbons (Fsp3) is 0.467. The van der Waals surface area contributed by atoms with E-state index in [0.717, 1.165) is 12.0 Å². The Labute approximate surface area is 131 Å². The average Bonchev–Trinajstić information content (AvgIpc) is 2.47. The van der Waals surface area contributed by atoms with Crippen molar-refractivity contribution in [3.63, 3.8) is 0 Å². The van der Waals surface area contributed by atoms with Gasteiger partial charge in [-0.05, 0) is 12.0 Å². The maximum absolute atomic E-state index is 12.0. The summed E-state index contributed by atoms with van der Waals surface area (Å²) >= 11 is 0. The lowest BCUT2D eigenvalue weighted by Crippen LogP contribution is -2.42. The van der Waals surface area contributed by atoms with Gasteiger partial charge in [0.1, 0.15) is 0 Å². The molecule has 6 heteroatoms. The van der Waals surface area contributed by atoms with Gasteiger partial charge in [0.05, 0.1) is 25.6 Å². The van der Waals surface area contributed by atoms with Crippen molar-refractivity contribution in [3.8, 4) is 0 Å². The summed E-state index contributed by atoms with van der Waals surface area (Å²) in [5.74, 6) is -0.618. The van der Waals surface area contributed by atoms with E-state index in [1.54, 1.807) is 0 Å². The van der Waals surface area contributed by atoms with E-state index in [-0.39, 0.29) is 30.7 Å². The number of halogens is 1. The number of nitrogens with two attached hydrogens (primary N) is 1. The second-order valence-corrected chi connectivity index (χ2v) is 4.65. The van der Waals surface area contributed by atoms with Crippen LogP contribution in [0.4, 0.5) is 0 Å². The summed E-state index contributed by atoms with van der Waals surface area (Å²) in [5.41, 5.74) is 6.65. The summed E-state index contributed by atoms with van der Waals surface area (Å²) in [6.07, 6.45) is 1.54. The van der Waals surface area contributed by atoms with Crippen LogP contribution in [0, 0.1) is 0 Å². The Bertz CT molecular complexity index is 440. The number of esters is 1. The minimum atomic E-state index is -0.552. The molecule has 21 heavy (non-hydrogen) atoms. The first-order valence-electron chi connectivity index (χ1n) is 6.76. The Morgan fingerprint density at radius 2 is 1.90 bits per heavy atom. The van der Waals surface area contributed by atoms with Gasteiger partial charge in [0.15, 0.2) is 0 Å². The zero-order chi connectivity index (χ0) is 15.0. The fourth-order valence-electron chi connectivity index (χ4n) is 1.91. The molecule has 0 saturated heterocycles. The maximum atomic E-state index is 12.0. The molecule has 0 heterocycles. The molecular formula is C15H23ClN2O3. The normalized spacial score (nSPS) is 12.7. The van der Waals surface area contributed by atoms with Crippen LogP contribution in [0.5, 0.6) is 0 Å². The van der Waals surface area contributed by atoms with Crippen LogP contribution in [-0.4, -0.2) is 25.0 Å². The van der Waals surface area contributed by atoms with Crippen LogP contribution in [-0.2, 0) is 14.3 Å². The molecular weight excluding hydrogens is 292 g/mol. The molecule has 1 rings (SSSR count). The molecule has 2 unspecified atom stereocenters. The van der Waals surface area contributed by atoms with Crippen molar-refractivity contribution in [3.05, 3.63) is 35.9 Å². The summed E-state index contributed by atoms with van der Waals surface area (Å²) < 4.78 is 4.67. The molecule has 1 aromatic rings. The molecule has 1 amide bonds. The lowest BCUT2D eigenvalue weighted by molar-refractivity contribution is -0.141. The zero-order valence-electron chi connectivity index (χ0n) is 12.4. The smallest absolute Gasteiger partial charge is 0.307 e. The quantitative estimate of drug-likeness (QED) is 0.754. The van der Waals surface area contributed by atoms with E-state index in [0.29, 0.717) is 6.42 Å². The summed E-state index contributed by atoms with van der Waals surface area (Å²) in [7, 11) is 1.33. The van der Waals surface area contributed by atoms with Crippen LogP contribution in [0.15, 0.2) is 30.3 Å². The molecule has 118 valence electrons. The number of carbonyl (C=O) groups excluding carboxylic acids is 2. The summed E-state index contributed by atoms with van der Waals surface area (Å²) in [6.45, 7) is 1.97. The summed E-state index contributed by atoms with van der Waals surface area (Å²) in [6, 6.07) is 8.35. The Hall–Kier alpha value is -1.59. The first-order valence-corrected chi connectivity index (χ1v) is 6.76. The number of nitrogens with one attached hydrogen (secondary N) is 1. The van der Waals surface area contributed by atoms with Gasteiger partial charge in [-0.2, -0.15) is 0 Å². The van der Waals surface area contributed by atoms with E-state index in [4.69, 9.17) is 5.73 Å². The number of amides is 1. The highest BCUT2D eigenvalue weighted by molar-refractivity contribution is 5.85. The van der Waals surface area contributed by atoms with Crippen LogP contribution in [0.25, 0.3) is 0 Å². The molecule has 2 atom stereocenters. The standard InChI is InChI=1S/C15H22N2O3.ClH/c1-3-7-12(16)15(19)17-13(10-14(18)20-2)11-8-5-4-6-9-11;/h4-6,8-9,12-13H,3,7,10,16H2,1-2H3,(H,17,19);1H. The van der Waals surface area contributed by atoms with Crippen molar-refractivity contribution in [1.82, 2.24) is 5.32 Å². The van der Waals surface area contributed by atoms with E-state index >= 15 is 0 Å². The van der Waals surface area contributed by atoms with Crippen LogP contribution in [0.1, 0.15) is 37.8 Å². The average molecular weight is 315 g/mol. The van der Waals surface area contributed by atoms with Crippen molar-refractivity contribution >= 4 is 24.3 Å². The van der Waals surface area contributed by atoms with Crippen LogP contribution in [0.2, 0.25) is 0 Å². The predicted molar refractivity (Wildman–Crippen MR) is 84.1 cm³/mol. The number of rotatable bonds is 7. The Balaban J connectivity index is 0.00000400. The highest BCUT2D eigenvalue weighted by Gasteiger charge is 2.21. The number of benzene rings is 1. The molecule has 0 spiro atoms. The second-order valence-electron chi connectivity index (χ2n) is 4.65. The Morgan fingerprint density at radius 3 is 2.43 bits per heavy atom. The molecule has 0 aliphatic rings. The number of hydrogen-bond acceptors (Lipinski definition) is 4. The highest BCUT2D eigenvalue weighted by Crippen LogP contribution is 2.17. The van der Waals surface area contributed by atoms with Crippen molar-refractivity contribution in [2.24, 2.45) is 5.73 Å². The van der Waals surface area contributed by atoms with Gasteiger partial charge in [-0.3, -0.25) is 9.59 Å². The summed E-state index contributed by atoms with van der Waals surface area (Å²) in [4.78, 5) is 23.5. The molecule has 0 fully saturated rings. The Morgan fingerprint density at radius 1 is 1.29 bits per heavy atom. The molecule has 0 aliphatic carbocycles. The lowest BCUT2D eigenvalue weighted by atomic mass is 10.0. The van der Waals surface area contributed by atoms with E-state index in [1.807, 2.05) is 37.3 Å². The first-order chi connectivity index (χ1) is 9.58. The maximum Gasteiger partial charge on any atom is 0.307 e. The van der Waals surface area contributed by atoms with Gasteiger partial charge in [0.25, 0.3) is 0 Å². The van der Waals surface area contributed by atoms with Gasteiger partial charge in [0.2, 0.25) is 5.91 Å². The monoisotopic (exact) mass is 314 g/mol. The molecule has 0 bridgehead atoms. The van der Waals surface area contributed by atoms with Crippen molar-refractivity contribution in [1.29, 1.82) is 0 Å². The van der Waals surface area contributed by atoms with Gasteiger partial charge in [0, 0.05) is 0 Å². The van der Waals surface area contributed by atoms with Crippen LogP contribution in [0.3, 0.4) is 0 Å². The van der Waals surface area contributed by atoms with Crippen LogP contribution >= 0.6 is 12.4 Å². The first kappa shape index (κ1) is 19.4. The molecule has 3 N–H and O–H groups in total. The number of ether oxygens (including phenoxy) is 1. The zero-order valence-corrected chi connectivity index (χ0v) is 13.2. The third-order valence-corrected chi connectivity index (χ3v) is 3.05. The van der Waals surface area contributed by atoms with Gasteiger partial charge in [-0.25, -0.2) is 0 Å². The topological polar surface area (TPSA) is 81.4 Å². The van der Waals surface area contributed by atoms with E-state index in [1.165, 1.54) is 7.11 Å². The number of carbonyl (C=O) groups is 2. The van der Waals surface area contributed by atoms with Gasteiger partial charge >= 0.3 is 5.97 Å². The number of hydrogen-bond donors (Lipinski definition) is 2. The van der Waals surface area contributed by atoms with Gasteiger partial charge in [-0.1, -0.05) is 43.7 Å². The molecule has 0 saturated carbocycles. The SMILES string of the molecule is CCCC(N)C(=O)NC(CC(=O)OC)c1ccccc1.Cl. The third-order valence-electron chi connectivity index (χ3n) is 3.05. The minimum absolute atomic E-state index is 0. The van der Waals surface area contributed by atoms with Crippen molar-refractivity contribution < 1.29 is 14.3 Å². The molecule has 1 aromatic carbocycles. The fourth-order valence-corrected chi connectivity index (χ4v) is 1.91. The van der Waals surface area contributed by atoms with E-state index in [9.17, 15) is 9.59 Å². The highest BCUT2D eigenvalue weighted by atomic mass is 35.5. The molecule has 5 nitrogen and oxygen atoms in total. The van der Waals surface area contributed by atoms with E-state index < -0.39 is 12.1 Å². The van der Waals surface area contributed by atoms with Gasteiger partial charge < -0.3 is 15.8 Å². The van der Waals surface area contributed by atoms with Crippen LogP contribution < -0.4 is 11.1 Å². The molecule has 0 aromatic heterocycles. The largest absolute Gasteiger partial charge is 0.469 e. The van der Waals surface area contributed by atoms with Gasteiger partial charge in [-0.15, -0.1) is 12.4 Å². The second kappa shape index (κ2) is 10.2. The minimum Gasteiger partial charge on any atom is -0.469 e. The third kappa shape index (κ3) is 6.60. The molecule has 0 aliphatic heterocycles. The summed E-state index contributed by atoms with van der Waals surface area (Å²) in [5, 5.41) is 2.82. The lowest BCUT2D eigenvalue weighted by Gasteiger charge is -2.20. The molecule has 0 radical (unpaired) electrons. The van der Waals surface area contributed by atoms with Crippen molar-refractivity contribution in [2.45, 2.75) is 38.3 Å². The van der Waals surface area contributed by atoms with Crippen molar-refractivity contribution in [2.75, 3.05) is 7.11 Å². The Kier molecular flexibility index (Phi) is 9.41.